The lowest BCUT2D eigenvalue weighted by atomic mass is 10.1. The number of sulfonamides is 1. The molecular formula is C14H16N2O3S. The molecule has 0 heterocycles. The third-order valence-corrected chi connectivity index (χ3v) is 3.87. The zero-order chi connectivity index (χ0) is 14.9. The Hall–Kier alpha value is -2.05. The maximum Gasteiger partial charge on any atom is 0.240 e. The van der Waals surface area contributed by atoms with Gasteiger partial charge in [0, 0.05) is 0 Å². The summed E-state index contributed by atoms with van der Waals surface area (Å²) in [5, 5.41) is 5.11. The summed E-state index contributed by atoms with van der Waals surface area (Å²) in [5.41, 5.74) is 7.79. The Morgan fingerprint density at radius 1 is 1.05 bits per heavy atom. The maximum atomic E-state index is 11.4. The summed E-state index contributed by atoms with van der Waals surface area (Å²) in [4.78, 5) is -0.139. The summed E-state index contributed by atoms with van der Waals surface area (Å²) in [5.74, 6) is 0.897. The first-order valence-electron chi connectivity index (χ1n) is 5.95. The first-order chi connectivity index (χ1) is 9.29. The number of rotatable bonds is 3. The van der Waals surface area contributed by atoms with Gasteiger partial charge in [0.1, 0.15) is 10.6 Å². The first kappa shape index (κ1) is 14.4. The summed E-state index contributed by atoms with van der Waals surface area (Å²) in [6, 6.07) is 10.2. The van der Waals surface area contributed by atoms with Crippen LogP contribution in [0.15, 0.2) is 41.3 Å². The van der Waals surface area contributed by atoms with Crippen molar-refractivity contribution in [3.63, 3.8) is 0 Å². The van der Waals surface area contributed by atoms with E-state index in [4.69, 9.17) is 15.6 Å². The van der Waals surface area contributed by atoms with Gasteiger partial charge < -0.3 is 10.5 Å². The fraction of sp³-hybridized carbons (Fsp3) is 0.143. The number of benzene rings is 2. The van der Waals surface area contributed by atoms with Gasteiger partial charge in [0.2, 0.25) is 10.0 Å². The second-order valence-electron chi connectivity index (χ2n) is 4.58. The summed E-state index contributed by atoms with van der Waals surface area (Å²) in [6.45, 7) is 3.84. The van der Waals surface area contributed by atoms with Crippen LogP contribution >= 0.6 is 0 Å². The largest absolute Gasteiger partial charge is 0.455 e. The molecule has 0 unspecified atom stereocenters. The molecule has 2 aromatic carbocycles. The van der Waals surface area contributed by atoms with Gasteiger partial charge in [-0.2, -0.15) is 0 Å². The van der Waals surface area contributed by atoms with Gasteiger partial charge in [-0.25, -0.2) is 13.6 Å². The third kappa shape index (κ3) is 2.92. The zero-order valence-corrected chi connectivity index (χ0v) is 12.1. The molecule has 0 bridgehead atoms. The summed E-state index contributed by atoms with van der Waals surface area (Å²) in [6.07, 6.45) is 0. The molecule has 0 atom stereocenters. The van der Waals surface area contributed by atoms with Crippen molar-refractivity contribution >= 4 is 15.7 Å². The Balaban J connectivity index is 2.47. The lowest BCUT2D eigenvalue weighted by molar-refractivity contribution is 0.479. The van der Waals surface area contributed by atoms with Crippen LogP contribution < -0.4 is 15.6 Å². The number of nitrogen functional groups attached to an aromatic ring is 1. The van der Waals surface area contributed by atoms with Crippen LogP contribution in [0.1, 0.15) is 11.1 Å². The van der Waals surface area contributed by atoms with Crippen LogP contribution in [0.25, 0.3) is 0 Å². The normalized spacial score (nSPS) is 11.3. The van der Waals surface area contributed by atoms with Crippen LogP contribution in [0, 0.1) is 13.8 Å². The van der Waals surface area contributed by atoms with Crippen molar-refractivity contribution in [1.29, 1.82) is 0 Å². The zero-order valence-electron chi connectivity index (χ0n) is 11.3. The standard InChI is InChI=1S/C14H16N2O3S/c1-9-6-7-10(2)12(8-9)19-11-4-3-5-13(14(11)15)20(16,17)18/h3-8H,15H2,1-2H3,(H2,16,17,18). The van der Waals surface area contributed by atoms with E-state index in [0.29, 0.717) is 5.75 Å². The van der Waals surface area contributed by atoms with Crippen LogP contribution in [0.2, 0.25) is 0 Å². The van der Waals surface area contributed by atoms with Crippen molar-refractivity contribution in [2.75, 3.05) is 5.73 Å². The molecule has 0 radical (unpaired) electrons. The summed E-state index contributed by atoms with van der Waals surface area (Å²) >= 11 is 0. The van der Waals surface area contributed by atoms with E-state index in [2.05, 4.69) is 0 Å². The van der Waals surface area contributed by atoms with Crippen LogP contribution in [0.3, 0.4) is 0 Å². The Labute approximate surface area is 118 Å². The molecule has 2 rings (SSSR count). The van der Waals surface area contributed by atoms with Crippen LogP contribution in [-0.2, 0) is 10.0 Å². The van der Waals surface area contributed by atoms with E-state index in [9.17, 15) is 8.42 Å². The Kier molecular flexibility index (Phi) is 3.69. The quantitative estimate of drug-likeness (QED) is 0.849. The number of anilines is 1. The van der Waals surface area contributed by atoms with Gasteiger partial charge >= 0.3 is 0 Å². The number of hydrogen-bond acceptors (Lipinski definition) is 4. The lowest BCUT2D eigenvalue weighted by Crippen LogP contribution is -2.14. The van der Waals surface area contributed by atoms with Gasteiger partial charge in [-0.15, -0.1) is 0 Å². The van der Waals surface area contributed by atoms with E-state index < -0.39 is 10.0 Å². The average molecular weight is 292 g/mol. The molecule has 106 valence electrons. The van der Waals surface area contributed by atoms with Crippen molar-refractivity contribution in [3.05, 3.63) is 47.5 Å². The second-order valence-corrected chi connectivity index (χ2v) is 6.11. The predicted octanol–water partition coefficient (Wildman–Crippen LogP) is 2.33. The number of nitrogens with two attached hydrogens (primary N) is 2. The third-order valence-electron chi connectivity index (χ3n) is 2.90. The second kappa shape index (κ2) is 5.15. The highest BCUT2D eigenvalue weighted by atomic mass is 32.2. The molecule has 0 aliphatic heterocycles. The molecule has 0 aliphatic rings. The highest BCUT2D eigenvalue weighted by Crippen LogP contribution is 2.33. The number of aryl methyl sites for hydroxylation is 2. The fourth-order valence-corrected chi connectivity index (χ4v) is 2.47. The van der Waals surface area contributed by atoms with Gasteiger partial charge in [-0.3, -0.25) is 0 Å². The molecule has 0 amide bonds. The van der Waals surface area contributed by atoms with E-state index in [1.54, 1.807) is 6.07 Å². The molecular weight excluding hydrogens is 276 g/mol. The molecule has 4 N–H and O–H groups in total. The van der Waals surface area contributed by atoms with Gasteiger partial charge in [0.05, 0.1) is 5.69 Å². The van der Waals surface area contributed by atoms with E-state index in [1.807, 2.05) is 32.0 Å². The molecule has 0 aromatic heterocycles. The molecule has 6 heteroatoms. The van der Waals surface area contributed by atoms with Crippen molar-refractivity contribution in [2.24, 2.45) is 5.14 Å². The highest BCUT2D eigenvalue weighted by molar-refractivity contribution is 7.89. The van der Waals surface area contributed by atoms with Crippen LogP contribution in [0.5, 0.6) is 11.5 Å². The highest BCUT2D eigenvalue weighted by Gasteiger charge is 2.16. The van der Waals surface area contributed by atoms with Gasteiger partial charge in [-0.05, 0) is 43.2 Å². The fourth-order valence-electron chi connectivity index (χ4n) is 1.80. The van der Waals surface area contributed by atoms with E-state index in [1.165, 1.54) is 12.1 Å². The molecule has 0 saturated heterocycles. The molecule has 0 aliphatic carbocycles. The minimum atomic E-state index is -3.87. The van der Waals surface area contributed by atoms with E-state index in [-0.39, 0.29) is 16.3 Å². The maximum absolute atomic E-state index is 11.4. The van der Waals surface area contributed by atoms with Crippen molar-refractivity contribution in [3.8, 4) is 11.5 Å². The summed E-state index contributed by atoms with van der Waals surface area (Å²) in [7, 11) is -3.87. The number of hydrogen-bond donors (Lipinski definition) is 2. The van der Waals surface area contributed by atoms with Crippen LogP contribution in [0.4, 0.5) is 5.69 Å². The topological polar surface area (TPSA) is 95.4 Å². The minimum absolute atomic E-state index is 0.0101. The van der Waals surface area contributed by atoms with Crippen molar-refractivity contribution in [2.45, 2.75) is 18.7 Å². The van der Waals surface area contributed by atoms with Crippen molar-refractivity contribution in [1.82, 2.24) is 0 Å². The Morgan fingerprint density at radius 3 is 2.40 bits per heavy atom. The predicted molar refractivity (Wildman–Crippen MR) is 78.2 cm³/mol. The smallest absolute Gasteiger partial charge is 0.240 e. The lowest BCUT2D eigenvalue weighted by Gasteiger charge is -2.13. The molecule has 0 fully saturated rings. The van der Waals surface area contributed by atoms with Gasteiger partial charge in [0.25, 0.3) is 0 Å². The molecule has 20 heavy (non-hydrogen) atoms. The van der Waals surface area contributed by atoms with Gasteiger partial charge in [-0.1, -0.05) is 18.2 Å². The molecule has 0 spiro atoms. The van der Waals surface area contributed by atoms with E-state index in [0.717, 1.165) is 11.1 Å². The minimum Gasteiger partial charge on any atom is -0.455 e. The number of primary sulfonamides is 1. The van der Waals surface area contributed by atoms with Crippen LogP contribution in [-0.4, -0.2) is 8.42 Å². The first-order valence-corrected chi connectivity index (χ1v) is 7.50. The number of para-hydroxylation sites is 1. The number of ether oxygens (including phenoxy) is 1. The summed E-state index contributed by atoms with van der Waals surface area (Å²) < 4.78 is 28.6. The SMILES string of the molecule is Cc1ccc(C)c(Oc2cccc(S(N)(=O)=O)c2N)c1. The monoisotopic (exact) mass is 292 g/mol. The molecule has 5 nitrogen and oxygen atoms in total. The Morgan fingerprint density at radius 2 is 1.75 bits per heavy atom. The Bertz CT molecular complexity index is 755. The molecule has 2 aromatic rings. The van der Waals surface area contributed by atoms with E-state index >= 15 is 0 Å². The van der Waals surface area contributed by atoms with Crippen molar-refractivity contribution < 1.29 is 13.2 Å². The van der Waals surface area contributed by atoms with Gasteiger partial charge in [0.15, 0.2) is 5.75 Å². The average Bonchev–Trinajstić information content (AvgIpc) is 2.35. The molecule has 0 saturated carbocycles.